The van der Waals surface area contributed by atoms with Crippen LogP contribution in [0, 0.1) is 5.82 Å². The third-order valence-corrected chi connectivity index (χ3v) is 3.27. The highest BCUT2D eigenvalue weighted by molar-refractivity contribution is 5.94. The molecule has 0 atom stereocenters. The maximum Gasteiger partial charge on any atom is 0.407 e. The number of benzene rings is 2. The van der Waals surface area contributed by atoms with Crippen molar-refractivity contribution in [1.29, 1.82) is 0 Å². The fourth-order valence-electron chi connectivity index (χ4n) is 2.02. The number of hydrogen-bond acceptors (Lipinski definition) is 4. The number of amides is 1. The number of nitrogens with two attached hydrogens (primary N) is 1. The number of nitrogens with one attached hydrogen (secondary N) is 1. The Balaban J connectivity index is 1.86. The van der Waals surface area contributed by atoms with Crippen LogP contribution in [0.1, 0.15) is 21.5 Å². The zero-order valence-corrected chi connectivity index (χ0v) is 13.2. The van der Waals surface area contributed by atoms with Crippen molar-refractivity contribution in [3.05, 3.63) is 71.0 Å². The maximum absolute atomic E-state index is 13.8. The van der Waals surface area contributed by atoms with Crippen molar-refractivity contribution < 1.29 is 23.8 Å². The first-order valence-corrected chi connectivity index (χ1v) is 7.41. The molecule has 0 heterocycles. The second-order valence-corrected chi connectivity index (χ2v) is 5.11. The Morgan fingerprint density at radius 3 is 2.64 bits per heavy atom. The molecule has 0 bridgehead atoms. The van der Waals surface area contributed by atoms with Gasteiger partial charge in [-0.25, -0.2) is 14.0 Å². The second kappa shape index (κ2) is 8.49. The summed E-state index contributed by atoms with van der Waals surface area (Å²) in [5.41, 5.74) is 6.04. The fraction of sp³-hybridized carbons (Fsp3) is 0.111. The molecule has 0 fully saturated rings. The Labute approximate surface area is 143 Å². The number of carboxylic acids is 1. The van der Waals surface area contributed by atoms with E-state index >= 15 is 0 Å². The van der Waals surface area contributed by atoms with Crippen molar-refractivity contribution in [2.45, 2.75) is 6.61 Å². The van der Waals surface area contributed by atoms with Gasteiger partial charge in [0.05, 0.1) is 5.56 Å². The summed E-state index contributed by atoms with van der Waals surface area (Å²) in [7, 11) is 0. The zero-order valence-electron chi connectivity index (χ0n) is 13.2. The van der Waals surface area contributed by atoms with E-state index in [2.05, 4.69) is 5.32 Å². The molecule has 0 spiro atoms. The molecule has 6 nitrogen and oxygen atoms in total. The molecule has 25 heavy (non-hydrogen) atoms. The average molecular weight is 344 g/mol. The predicted octanol–water partition coefficient (Wildman–Crippen LogP) is 3.05. The van der Waals surface area contributed by atoms with Crippen LogP contribution in [-0.4, -0.2) is 23.7 Å². The summed E-state index contributed by atoms with van der Waals surface area (Å²) in [5.74, 6) is -1.89. The van der Waals surface area contributed by atoms with E-state index in [1.54, 1.807) is 0 Å². The summed E-state index contributed by atoms with van der Waals surface area (Å²) in [6, 6.07) is 11.3. The van der Waals surface area contributed by atoms with Crippen molar-refractivity contribution in [1.82, 2.24) is 5.32 Å². The maximum atomic E-state index is 13.8. The Hall–Kier alpha value is -3.35. The number of aromatic carboxylic acids is 1. The molecule has 0 aliphatic heterocycles. The lowest BCUT2D eigenvalue weighted by Crippen LogP contribution is -2.24. The van der Waals surface area contributed by atoms with E-state index in [1.165, 1.54) is 12.2 Å². The van der Waals surface area contributed by atoms with Gasteiger partial charge in [-0.2, -0.15) is 0 Å². The van der Waals surface area contributed by atoms with Crippen LogP contribution in [0.25, 0.3) is 6.08 Å². The van der Waals surface area contributed by atoms with Crippen LogP contribution < -0.4 is 11.1 Å². The highest BCUT2D eigenvalue weighted by atomic mass is 19.1. The molecule has 7 heteroatoms. The SMILES string of the molecule is Nc1cc(F)c(C=CCNC(=O)OCc2ccccc2)cc1C(=O)O. The number of anilines is 1. The molecule has 2 rings (SSSR count). The number of nitrogen functional groups attached to an aromatic ring is 1. The number of carbonyl (C=O) groups excluding carboxylic acids is 1. The summed E-state index contributed by atoms with van der Waals surface area (Å²) in [6.45, 7) is 0.241. The molecule has 0 saturated heterocycles. The van der Waals surface area contributed by atoms with Crippen LogP contribution in [-0.2, 0) is 11.3 Å². The Kier molecular flexibility index (Phi) is 6.11. The number of alkyl carbamates (subject to hydrolysis) is 1. The molecule has 0 aliphatic carbocycles. The van der Waals surface area contributed by atoms with Gasteiger partial charge in [0.2, 0.25) is 0 Å². The first-order valence-electron chi connectivity index (χ1n) is 7.41. The van der Waals surface area contributed by atoms with Gasteiger partial charge in [-0.05, 0) is 17.7 Å². The van der Waals surface area contributed by atoms with E-state index in [0.29, 0.717) is 0 Å². The molecule has 2 aromatic carbocycles. The summed E-state index contributed by atoms with van der Waals surface area (Å²) in [4.78, 5) is 22.5. The predicted molar refractivity (Wildman–Crippen MR) is 91.4 cm³/mol. The van der Waals surface area contributed by atoms with E-state index in [0.717, 1.165) is 17.7 Å². The molecule has 2 aromatic rings. The molecule has 0 aromatic heterocycles. The van der Waals surface area contributed by atoms with Gasteiger partial charge >= 0.3 is 12.1 Å². The van der Waals surface area contributed by atoms with Crippen molar-refractivity contribution in [2.24, 2.45) is 0 Å². The smallest absolute Gasteiger partial charge is 0.407 e. The van der Waals surface area contributed by atoms with Crippen molar-refractivity contribution in [3.8, 4) is 0 Å². The molecule has 0 radical (unpaired) electrons. The van der Waals surface area contributed by atoms with Gasteiger partial charge in [0, 0.05) is 17.8 Å². The van der Waals surface area contributed by atoms with Gasteiger partial charge in [0.15, 0.2) is 0 Å². The van der Waals surface area contributed by atoms with Crippen LogP contribution in [0.2, 0.25) is 0 Å². The van der Waals surface area contributed by atoms with Crippen LogP contribution in [0.15, 0.2) is 48.5 Å². The normalized spacial score (nSPS) is 10.6. The van der Waals surface area contributed by atoms with Crippen LogP contribution >= 0.6 is 0 Å². The first kappa shape index (κ1) is 18.0. The monoisotopic (exact) mass is 344 g/mol. The summed E-state index contributed by atoms with van der Waals surface area (Å²) >= 11 is 0. The molecular weight excluding hydrogens is 327 g/mol. The van der Waals surface area contributed by atoms with Gasteiger partial charge in [-0.15, -0.1) is 0 Å². The highest BCUT2D eigenvalue weighted by Gasteiger charge is 2.11. The van der Waals surface area contributed by atoms with Crippen molar-refractivity contribution in [3.63, 3.8) is 0 Å². The summed E-state index contributed by atoms with van der Waals surface area (Å²) < 4.78 is 18.8. The van der Waals surface area contributed by atoms with Gasteiger partial charge in [-0.1, -0.05) is 42.5 Å². The van der Waals surface area contributed by atoms with Gasteiger partial charge in [-0.3, -0.25) is 0 Å². The van der Waals surface area contributed by atoms with Crippen molar-refractivity contribution >= 4 is 23.8 Å². The Bertz CT molecular complexity index is 791. The standard InChI is InChI=1S/C18H17FN2O4/c19-15-10-16(20)14(17(22)23)9-13(15)7-4-8-21-18(24)25-11-12-5-2-1-3-6-12/h1-7,9-10H,8,11,20H2,(H,21,24)(H,22,23). The molecule has 130 valence electrons. The molecule has 0 aliphatic rings. The number of carboxylic acid groups (broad SMARTS) is 1. The quantitative estimate of drug-likeness (QED) is 0.699. The van der Waals surface area contributed by atoms with Crippen LogP contribution in [0.4, 0.5) is 14.9 Å². The van der Waals surface area contributed by atoms with Gasteiger partial charge < -0.3 is 20.9 Å². The number of halogens is 1. The highest BCUT2D eigenvalue weighted by Crippen LogP contribution is 2.19. The van der Waals surface area contributed by atoms with E-state index in [1.807, 2.05) is 30.3 Å². The van der Waals surface area contributed by atoms with E-state index < -0.39 is 17.9 Å². The van der Waals surface area contributed by atoms with Crippen LogP contribution in [0.5, 0.6) is 0 Å². The summed E-state index contributed by atoms with van der Waals surface area (Å²) in [5, 5.41) is 11.5. The lowest BCUT2D eigenvalue weighted by molar-refractivity contribution is 0.0698. The number of rotatable bonds is 6. The number of carbonyl (C=O) groups is 2. The fourth-order valence-corrected chi connectivity index (χ4v) is 2.02. The van der Waals surface area contributed by atoms with E-state index in [-0.39, 0.29) is 30.0 Å². The lowest BCUT2D eigenvalue weighted by atomic mass is 10.1. The molecular formula is C18H17FN2O4. The number of ether oxygens (including phenoxy) is 1. The van der Waals surface area contributed by atoms with Crippen molar-refractivity contribution in [2.75, 3.05) is 12.3 Å². The molecule has 0 unspecified atom stereocenters. The minimum Gasteiger partial charge on any atom is -0.478 e. The zero-order chi connectivity index (χ0) is 18.2. The summed E-state index contributed by atoms with van der Waals surface area (Å²) in [6.07, 6.45) is 2.22. The Morgan fingerprint density at radius 2 is 1.96 bits per heavy atom. The molecule has 4 N–H and O–H groups in total. The van der Waals surface area contributed by atoms with Gasteiger partial charge in [0.25, 0.3) is 0 Å². The van der Waals surface area contributed by atoms with Gasteiger partial charge in [0.1, 0.15) is 12.4 Å². The number of hydrogen-bond donors (Lipinski definition) is 3. The van der Waals surface area contributed by atoms with E-state index in [4.69, 9.17) is 15.6 Å². The first-order chi connectivity index (χ1) is 12.0. The Morgan fingerprint density at radius 1 is 1.24 bits per heavy atom. The topological polar surface area (TPSA) is 102 Å². The minimum absolute atomic E-state index is 0.0612. The third kappa shape index (κ3) is 5.35. The molecule has 0 saturated carbocycles. The van der Waals surface area contributed by atoms with Crippen LogP contribution in [0.3, 0.4) is 0 Å². The molecule has 1 amide bonds. The average Bonchev–Trinajstić information content (AvgIpc) is 2.59. The third-order valence-electron chi connectivity index (χ3n) is 3.27. The largest absolute Gasteiger partial charge is 0.478 e. The second-order valence-electron chi connectivity index (χ2n) is 5.11. The van der Waals surface area contributed by atoms with E-state index in [9.17, 15) is 14.0 Å². The minimum atomic E-state index is -1.24. The lowest BCUT2D eigenvalue weighted by Gasteiger charge is -2.06.